The molecule has 0 aliphatic carbocycles. The number of carboxylic acids is 1. The van der Waals surface area contributed by atoms with Crippen LogP contribution in [-0.2, 0) is 4.79 Å². The Morgan fingerprint density at radius 1 is 1.17 bits per heavy atom. The second-order valence-corrected chi connectivity index (χ2v) is 4.85. The van der Waals surface area contributed by atoms with Crippen LogP contribution in [0.25, 0.3) is 0 Å². The van der Waals surface area contributed by atoms with Crippen LogP contribution in [-0.4, -0.2) is 42.3 Å². The molecule has 0 saturated carbocycles. The summed E-state index contributed by atoms with van der Waals surface area (Å²) in [5.74, 6) is -2.00. The molecule has 0 bridgehead atoms. The lowest BCUT2D eigenvalue weighted by Crippen LogP contribution is -2.34. The first kappa shape index (κ1) is 19.3. The van der Waals surface area contributed by atoms with Crippen LogP contribution in [0.4, 0.5) is 23.7 Å². The predicted octanol–water partition coefficient (Wildman–Crippen LogP) is 1.88. The van der Waals surface area contributed by atoms with E-state index < -0.39 is 30.6 Å². The van der Waals surface area contributed by atoms with Crippen LogP contribution in [0, 0.1) is 6.92 Å². The Morgan fingerprint density at radius 3 is 2.42 bits per heavy atom. The standard InChI is InChI=1S/C14H16F3N3O4/c1-8-2-3-9(12(23)19-7-14(15,16)17)6-10(8)20-13(24)18-5-4-11(21)22/h2-3,6H,4-5,7H2,1H3,(H,19,23)(H,21,22)(H2,18,20,24). The van der Waals surface area contributed by atoms with Crippen LogP contribution in [0.1, 0.15) is 22.3 Å². The first-order valence-corrected chi connectivity index (χ1v) is 6.81. The molecule has 0 aliphatic rings. The highest BCUT2D eigenvalue weighted by molar-refractivity contribution is 5.97. The summed E-state index contributed by atoms with van der Waals surface area (Å²) in [6.07, 6.45) is -4.78. The molecule has 0 atom stereocenters. The van der Waals surface area contributed by atoms with E-state index in [1.165, 1.54) is 18.2 Å². The first-order chi connectivity index (χ1) is 11.1. The average molecular weight is 347 g/mol. The molecule has 1 rings (SSSR count). The Balaban J connectivity index is 2.70. The average Bonchev–Trinajstić information content (AvgIpc) is 2.46. The molecule has 7 nitrogen and oxygen atoms in total. The van der Waals surface area contributed by atoms with Crippen molar-refractivity contribution >= 4 is 23.6 Å². The number of benzene rings is 1. The fourth-order valence-electron chi connectivity index (χ4n) is 1.63. The van der Waals surface area contributed by atoms with Gasteiger partial charge in [0, 0.05) is 17.8 Å². The quantitative estimate of drug-likeness (QED) is 0.630. The molecule has 0 aliphatic heterocycles. The Kier molecular flexibility index (Phi) is 6.57. The maximum atomic E-state index is 12.1. The Hall–Kier alpha value is -2.78. The number of carboxylic acid groups (broad SMARTS) is 1. The van der Waals surface area contributed by atoms with Crippen molar-refractivity contribution in [3.8, 4) is 0 Å². The number of amides is 3. The van der Waals surface area contributed by atoms with Gasteiger partial charge in [0.1, 0.15) is 6.54 Å². The third kappa shape index (κ3) is 6.99. The monoisotopic (exact) mass is 347 g/mol. The van der Waals surface area contributed by atoms with Crippen molar-refractivity contribution in [2.45, 2.75) is 19.5 Å². The number of urea groups is 1. The number of aryl methyl sites for hydroxylation is 1. The van der Waals surface area contributed by atoms with E-state index in [0.29, 0.717) is 5.56 Å². The number of carbonyl (C=O) groups excluding carboxylic acids is 2. The van der Waals surface area contributed by atoms with Crippen LogP contribution in [0.5, 0.6) is 0 Å². The molecule has 1 aromatic carbocycles. The number of carbonyl (C=O) groups is 3. The van der Waals surface area contributed by atoms with Gasteiger partial charge in [-0.05, 0) is 24.6 Å². The fourth-order valence-corrected chi connectivity index (χ4v) is 1.63. The molecule has 132 valence electrons. The van der Waals surface area contributed by atoms with Crippen molar-refractivity contribution in [3.05, 3.63) is 29.3 Å². The molecule has 0 radical (unpaired) electrons. The fraction of sp³-hybridized carbons (Fsp3) is 0.357. The minimum Gasteiger partial charge on any atom is -0.481 e. The first-order valence-electron chi connectivity index (χ1n) is 6.81. The highest BCUT2D eigenvalue weighted by Crippen LogP contribution is 2.18. The maximum Gasteiger partial charge on any atom is 0.405 e. The van der Waals surface area contributed by atoms with Crippen molar-refractivity contribution in [1.29, 1.82) is 0 Å². The number of alkyl halides is 3. The van der Waals surface area contributed by atoms with Gasteiger partial charge in [0.15, 0.2) is 0 Å². The smallest absolute Gasteiger partial charge is 0.405 e. The highest BCUT2D eigenvalue weighted by Gasteiger charge is 2.28. The molecule has 0 spiro atoms. The maximum absolute atomic E-state index is 12.1. The van der Waals surface area contributed by atoms with Crippen molar-refractivity contribution in [2.75, 3.05) is 18.4 Å². The van der Waals surface area contributed by atoms with Crippen LogP contribution in [0.2, 0.25) is 0 Å². The van der Waals surface area contributed by atoms with E-state index in [1.54, 1.807) is 12.2 Å². The van der Waals surface area contributed by atoms with E-state index in [1.807, 2.05) is 0 Å². The minimum absolute atomic E-state index is 0.0503. The summed E-state index contributed by atoms with van der Waals surface area (Å²) < 4.78 is 36.3. The third-order valence-corrected chi connectivity index (χ3v) is 2.82. The van der Waals surface area contributed by atoms with Gasteiger partial charge in [0.05, 0.1) is 6.42 Å². The lowest BCUT2D eigenvalue weighted by molar-refractivity contribution is -0.136. The molecule has 0 unspecified atom stereocenters. The number of halogens is 3. The number of rotatable bonds is 6. The highest BCUT2D eigenvalue weighted by atomic mass is 19.4. The van der Waals surface area contributed by atoms with Gasteiger partial charge in [0.25, 0.3) is 5.91 Å². The normalized spacial score (nSPS) is 10.8. The molecule has 3 amide bonds. The summed E-state index contributed by atoms with van der Waals surface area (Å²) in [6, 6.07) is 3.34. The van der Waals surface area contributed by atoms with E-state index >= 15 is 0 Å². The van der Waals surface area contributed by atoms with Crippen LogP contribution < -0.4 is 16.0 Å². The van der Waals surface area contributed by atoms with E-state index in [2.05, 4.69) is 10.6 Å². The van der Waals surface area contributed by atoms with E-state index in [4.69, 9.17) is 5.11 Å². The molecule has 1 aromatic rings. The van der Waals surface area contributed by atoms with Crippen molar-refractivity contribution < 1.29 is 32.7 Å². The minimum atomic E-state index is -4.52. The van der Waals surface area contributed by atoms with E-state index in [9.17, 15) is 27.6 Å². The molecular weight excluding hydrogens is 331 g/mol. The number of anilines is 1. The topological polar surface area (TPSA) is 108 Å². The van der Waals surface area contributed by atoms with Crippen molar-refractivity contribution in [3.63, 3.8) is 0 Å². The summed E-state index contributed by atoms with van der Waals surface area (Å²) >= 11 is 0. The number of hydrogen-bond donors (Lipinski definition) is 4. The molecule has 10 heteroatoms. The lowest BCUT2D eigenvalue weighted by Gasteiger charge is -2.12. The summed E-state index contributed by atoms with van der Waals surface area (Å²) in [4.78, 5) is 33.7. The summed E-state index contributed by atoms with van der Waals surface area (Å²) in [6.45, 7) is 0.0778. The zero-order valence-electron chi connectivity index (χ0n) is 12.7. The van der Waals surface area contributed by atoms with E-state index in [0.717, 1.165) is 0 Å². The summed E-state index contributed by atoms with van der Waals surface area (Å²) in [7, 11) is 0. The molecule has 0 saturated heterocycles. The van der Waals surface area contributed by atoms with Crippen molar-refractivity contribution in [2.24, 2.45) is 0 Å². The van der Waals surface area contributed by atoms with Gasteiger partial charge in [-0.3, -0.25) is 9.59 Å². The van der Waals surface area contributed by atoms with Gasteiger partial charge in [-0.2, -0.15) is 13.2 Å². The summed E-state index contributed by atoms with van der Waals surface area (Å²) in [5, 5.41) is 14.9. The van der Waals surface area contributed by atoms with Crippen LogP contribution in [0.3, 0.4) is 0 Å². The van der Waals surface area contributed by atoms with Crippen LogP contribution in [0.15, 0.2) is 18.2 Å². The Morgan fingerprint density at radius 2 is 1.83 bits per heavy atom. The summed E-state index contributed by atoms with van der Waals surface area (Å²) in [5.41, 5.74) is 0.754. The largest absolute Gasteiger partial charge is 0.481 e. The van der Waals surface area contributed by atoms with Crippen molar-refractivity contribution in [1.82, 2.24) is 10.6 Å². The molecule has 0 fully saturated rings. The Bertz CT molecular complexity index is 632. The zero-order valence-corrected chi connectivity index (χ0v) is 12.7. The van der Waals surface area contributed by atoms with Gasteiger partial charge in [-0.1, -0.05) is 6.07 Å². The Labute approximate surface area is 135 Å². The predicted molar refractivity (Wildman–Crippen MR) is 78.8 cm³/mol. The number of hydrogen-bond acceptors (Lipinski definition) is 3. The molecule has 0 aromatic heterocycles. The van der Waals surface area contributed by atoms with Crippen LogP contribution >= 0.6 is 0 Å². The molecule has 4 N–H and O–H groups in total. The number of aliphatic carboxylic acids is 1. The SMILES string of the molecule is Cc1ccc(C(=O)NCC(F)(F)F)cc1NC(=O)NCCC(=O)O. The molecule has 24 heavy (non-hydrogen) atoms. The van der Waals surface area contributed by atoms with Gasteiger partial charge >= 0.3 is 18.2 Å². The van der Waals surface area contributed by atoms with E-state index in [-0.39, 0.29) is 24.2 Å². The molecular formula is C14H16F3N3O4. The molecule has 0 heterocycles. The third-order valence-electron chi connectivity index (χ3n) is 2.82. The second kappa shape index (κ2) is 8.18. The zero-order chi connectivity index (χ0) is 18.3. The van der Waals surface area contributed by atoms with Gasteiger partial charge < -0.3 is 21.1 Å². The second-order valence-electron chi connectivity index (χ2n) is 4.85. The van der Waals surface area contributed by atoms with Gasteiger partial charge in [-0.25, -0.2) is 4.79 Å². The van der Waals surface area contributed by atoms with Gasteiger partial charge in [0.2, 0.25) is 0 Å². The number of nitrogens with one attached hydrogen (secondary N) is 3. The lowest BCUT2D eigenvalue weighted by atomic mass is 10.1. The van der Waals surface area contributed by atoms with Gasteiger partial charge in [-0.15, -0.1) is 0 Å².